The van der Waals surface area contributed by atoms with Crippen molar-refractivity contribution in [2.75, 3.05) is 12.4 Å². The Morgan fingerprint density at radius 1 is 1.23 bits per heavy atom. The van der Waals surface area contributed by atoms with Crippen LogP contribution in [-0.4, -0.2) is 22.4 Å². The second kappa shape index (κ2) is 8.49. The first-order valence-corrected chi connectivity index (χ1v) is 8.98. The number of nitriles is 1. The minimum absolute atomic E-state index is 0.0523. The van der Waals surface area contributed by atoms with Crippen molar-refractivity contribution >= 4 is 17.7 Å². The van der Waals surface area contributed by atoms with E-state index in [1.165, 1.54) is 30.0 Å². The van der Waals surface area contributed by atoms with Gasteiger partial charge in [0.2, 0.25) is 0 Å². The molecule has 1 heterocycles. The predicted octanol–water partition coefficient (Wildman–Crippen LogP) is 3.18. The molecular weight excluding hydrogens is 387 g/mol. The number of ether oxygens (including phenoxy) is 1. The zero-order valence-electron chi connectivity index (χ0n) is 16.6. The minimum atomic E-state index is -0.764. The van der Waals surface area contributed by atoms with Gasteiger partial charge in [-0.1, -0.05) is 24.3 Å². The van der Waals surface area contributed by atoms with Gasteiger partial charge < -0.3 is 10.1 Å². The molecule has 0 spiro atoms. The Morgan fingerprint density at radius 2 is 1.93 bits per heavy atom. The molecule has 0 aliphatic heterocycles. The second-order valence-electron chi connectivity index (χ2n) is 6.45. The minimum Gasteiger partial charge on any atom is -0.494 e. The molecule has 3 rings (SSSR count). The van der Waals surface area contributed by atoms with Crippen LogP contribution in [0.5, 0.6) is 5.75 Å². The Morgan fingerprint density at radius 3 is 2.53 bits per heavy atom. The van der Waals surface area contributed by atoms with Crippen LogP contribution < -0.4 is 15.6 Å². The number of para-hydroxylation sites is 1. The van der Waals surface area contributed by atoms with E-state index in [4.69, 9.17) is 4.74 Å². The molecule has 0 unspecified atom stereocenters. The van der Waals surface area contributed by atoms with Crippen LogP contribution in [0.2, 0.25) is 0 Å². The maximum atomic E-state index is 13.9. The van der Waals surface area contributed by atoms with E-state index in [1.807, 2.05) is 6.07 Å². The van der Waals surface area contributed by atoms with Crippen LogP contribution >= 0.6 is 0 Å². The fourth-order valence-electron chi connectivity index (χ4n) is 2.98. The van der Waals surface area contributed by atoms with Crippen molar-refractivity contribution in [1.29, 1.82) is 5.26 Å². The Kier molecular flexibility index (Phi) is 5.83. The van der Waals surface area contributed by atoms with E-state index in [9.17, 15) is 19.2 Å². The van der Waals surface area contributed by atoms with Gasteiger partial charge in [-0.25, -0.2) is 9.07 Å². The van der Waals surface area contributed by atoms with Gasteiger partial charge in [-0.2, -0.15) is 5.26 Å². The standard InChI is InChI=1S/C22H19FN4O3/c1-14-20(22(29)27(26(14)2)17-7-5-4-6-8-17)25-21(28)16(13-24)11-15-9-10-19(30-3)18(23)12-15/h4-12H,1-3H3,(H,25,28)/b16-11+. The molecule has 0 fully saturated rings. The van der Waals surface area contributed by atoms with Gasteiger partial charge in [0.1, 0.15) is 17.3 Å². The highest BCUT2D eigenvalue weighted by Gasteiger charge is 2.20. The molecule has 0 saturated carbocycles. The van der Waals surface area contributed by atoms with Crippen LogP contribution in [0, 0.1) is 24.1 Å². The highest BCUT2D eigenvalue weighted by atomic mass is 19.1. The summed E-state index contributed by atoms with van der Waals surface area (Å²) in [6.07, 6.45) is 1.24. The maximum absolute atomic E-state index is 13.9. The Labute approximate surface area is 172 Å². The molecule has 0 aliphatic rings. The van der Waals surface area contributed by atoms with Gasteiger partial charge in [0, 0.05) is 7.05 Å². The molecule has 152 valence electrons. The molecule has 1 N–H and O–H groups in total. The summed E-state index contributed by atoms with van der Waals surface area (Å²) in [5, 5.41) is 11.9. The van der Waals surface area contributed by atoms with Gasteiger partial charge in [-0.15, -0.1) is 0 Å². The number of carbonyl (C=O) groups is 1. The molecule has 0 atom stereocenters. The van der Waals surface area contributed by atoms with E-state index >= 15 is 0 Å². The number of nitrogens with zero attached hydrogens (tertiary/aromatic N) is 3. The first-order chi connectivity index (χ1) is 14.4. The fourth-order valence-corrected chi connectivity index (χ4v) is 2.98. The highest BCUT2D eigenvalue weighted by molar-refractivity contribution is 6.09. The van der Waals surface area contributed by atoms with Gasteiger partial charge in [-0.3, -0.25) is 14.3 Å². The normalized spacial score (nSPS) is 11.1. The van der Waals surface area contributed by atoms with Crippen molar-refractivity contribution in [2.45, 2.75) is 6.92 Å². The lowest BCUT2D eigenvalue weighted by Crippen LogP contribution is -2.23. The maximum Gasteiger partial charge on any atom is 0.295 e. The summed E-state index contributed by atoms with van der Waals surface area (Å²) in [6, 6.07) is 14.8. The van der Waals surface area contributed by atoms with Crippen LogP contribution in [0.4, 0.5) is 10.1 Å². The third kappa shape index (κ3) is 3.86. The van der Waals surface area contributed by atoms with Gasteiger partial charge in [-0.05, 0) is 42.8 Å². The summed E-state index contributed by atoms with van der Waals surface area (Å²) in [5.41, 5.74) is 0.832. The van der Waals surface area contributed by atoms with Crippen molar-refractivity contribution in [3.8, 4) is 17.5 Å². The van der Waals surface area contributed by atoms with E-state index in [2.05, 4.69) is 5.32 Å². The quantitative estimate of drug-likeness (QED) is 0.521. The summed E-state index contributed by atoms with van der Waals surface area (Å²) in [5.74, 6) is -1.33. The number of hydrogen-bond acceptors (Lipinski definition) is 4. The smallest absolute Gasteiger partial charge is 0.295 e. The SMILES string of the molecule is COc1ccc(/C=C(\C#N)C(=O)Nc2c(C)n(C)n(-c3ccccc3)c2=O)cc1F. The molecule has 0 radical (unpaired) electrons. The third-order valence-corrected chi connectivity index (χ3v) is 4.64. The largest absolute Gasteiger partial charge is 0.494 e. The Hall–Kier alpha value is -4.12. The van der Waals surface area contributed by atoms with E-state index in [-0.39, 0.29) is 17.0 Å². The van der Waals surface area contributed by atoms with E-state index in [1.54, 1.807) is 49.0 Å². The zero-order valence-corrected chi connectivity index (χ0v) is 16.6. The number of rotatable bonds is 5. The topological polar surface area (TPSA) is 89.0 Å². The second-order valence-corrected chi connectivity index (χ2v) is 6.45. The molecular formula is C22H19FN4O3. The monoisotopic (exact) mass is 406 g/mol. The zero-order chi connectivity index (χ0) is 21.8. The third-order valence-electron chi connectivity index (χ3n) is 4.64. The number of carbonyl (C=O) groups excluding carboxylic acids is 1. The van der Waals surface area contributed by atoms with E-state index in [0.29, 0.717) is 16.9 Å². The molecule has 1 aromatic heterocycles. The van der Waals surface area contributed by atoms with Gasteiger partial charge >= 0.3 is 0 Å². The van der Waals surface area contributed by atoms with Gasteiger partial charge in [0.05, 0.1) is 18.5 Å². The Bertz CT molecular complexity index is 1230. The molecule has 0 aliphatic carbocycles. The van der Waals surface area contributed by atoms with Crippen LogP contribution in [0.25, 0.3) is 11.8 Å². The van der Waals surface area contributed by atoms with Crippen molar-refractivity contribution in [3.63, 3.8) is 0 Å². The molecule has 30 heavy (non-hydrogen) atoms. The highest BCUT2D eigenvalue weighted by Crippen LogP contribution is 2.20. The summed E-state index contributed by atoms with van der Waals surface area (Å²) in [6.45, 7) is 1.69. The average molecular weight is 406 g/mol. The van der Waals surface area contributed by atoms with Crippen molar-refractivity contribution in [1.82, 2.24) is 9.36 Å². The molecule has 0 bridgehead atoms. The van der Waals surface area contributed by atoms with E-state index in [0.717, 1.165) is 6.07 Å². The lowest BCUT2D eigenvalue weighted by molar-refractivity contribution is -0.112. The molecule has 7 nitrogen and oxygen atoms in total. The first-order valence-electron chi connectivity index (χ1n) is 8.98. The van der Waals surface area contributed by atoms with Crippen molar-refractivity contribution in [2.24, 2.45) is 7.05 Å². The number of anilines is 1. The molecule has 8 heteroatoms. The average Bonchev–Trinajstić information content (AvgIpc) is 2.95. The van der Waals surface area contributed by atoms with Crippen molar-refractivity contribution in [3.05, 3.63) is 81.5 Å². The van der Waals surface area contributed by atoms with Gasteiger partial charge in [0.15, 0.2) is 11.6 Å². The fraction of sp³-hybridized carbons (Fsp3) is 0.136. The summed E-state index contributed by atoms with van der Waals surface area (Å²) in [4.78, 5) is 25.5. The lowest BCUT2D eigenvalue weighted by Gasteiger charge is -2.07. The number of hydrogen-bond donors (Lipinski definition) is 1. The van der Waals surface area contributed by atoms with Crippen LogP contribution in [0.1, 0.15) is 11.3 Å². The van der Waals surface area contributed by atoms with Crippen LogP contribution in [-0.2, 0) is 11.8 Å². The number of aromatic nitrogens is 2. The summed E-state index contributed by atoms with van der Waals surface area (Å²) < 4.78 is 21.8. The first kappa shape index (κ1) is 20.6. The number of halogens is 1. The van der Waals surface area contributed by atoms with Crippen molar-refractivity contribution < 1.29 is 13.9 Å². The number of nitrogens with one attached hydrogen (secondary N) is 1. The molecule has 1 amide bonds. The van der Waals surface area contributed by atoms with Crippen LogP contribution in [0.15, 0.2) is 58.9 Å². The number of methoxy groups -OCH3 is 1. The number of amides is 1. The van der Waals surface area contributed by atoms with Gasteiger partial charge in [0.25, 0.3) is 11.5 Å². The predicted molar refractivity (Wildman–Crippen MR) is 111 cm³/mol. The molecule has 2 aromatic carbocycles. The summed E-state index contributed by atoms with van der Waals surface area (Å²) >= 11 is 0. The molecule has 0 saturated heterocycles. The van der Waals surface area contributed by atoms with E-state index < -0.39 is 17.3 Å². The number of benzene rings is 2. The Balaban J connectivity index is 1.94. The molecule has 3 aromatic rings. The lowest BCUT2D eigenvalue weighted by atomic mass is 10.1. The summed E-state index contributed by atoms with van der Waals surface area (Å²) in [7, 11) is 3.03. The van der Waals surface area contributed by atoms with Crippen LogP contribution in [0.3, 0.4) is 0 Å².